The summed E-state index contributed by atoms with van der Waals surface area (Å²) in [6.07, 6.45) is -1.12. The van der Waals surface area contributed by atoms with E-state index >= 15 is 0 Å². The van der Waals surface area contributed by atoms with Gasteiger partial charge in [0, 0.05) is 12.0 Å². The van der Waals surface area contributed by atoms with E-state index in [1.165, 1.54) is 25.3 Å². The van der Waals surface area contributed by atoms with Crippen molar-refractivity contribution in [3.8, 4) is 5.75 Å². The lowest BCUT2D eigenvalue weighted by Crippen LogP contribution is -2.06. The molecule has 1 unspecified atom stereocenters. The molecule has 0 saturated heterocycles. The number of halogens is 3. The number of benzene rings is 2. The first-order valence-corrected chi connectivity index (χ1v) is 6.76. The molecule has 0 aliphatic heterocycles. The molecular weight excluding hydrogens is 330 g/mol. The van der Waals surface area contributed by atoms with Gasteiger partial charge in [-0.15, -0.1) is 0 Å². The number of aliphatic hydroxyl groups excluding tert-OH is 1. The summed E-state index contributed by atoms with van der Waals surface area (Å²) in [4.78, 5) is 0. The second-order valence-electron chi connectivity index (χ2n) is 4.31. The van der Waals surface area contributed by atoms with Crippen LogP contribution in [-0.2, 0) is 6.42 Å². The van der Waals surface area contributed by atoms with Gasteiger partial charge in [-0.25, -0.2) is 8.78 Å². The van der Waals surface area contributed by atoms with Gasteiger partial charge in [-0.3, -0.25) is 0 Å². The molecule has 2 aromatic carbocycles. The molecule has 0 saturated carbocycles. The number of rotatable bonds is 4. The Morgan fingerprint density at radius 1 is 1.20 bits per heavy atom. The topological polar surface area (TPSA) is 29.5 Å². The van der Waals surface area contributed by atoms with Crippen LogP contribution in [0.15, 0.2) is 40.9 Å². The van der Waals surface area contributed by atoms with E-state index < -0.39 is 17.7 Å². The normalized spacial score (nSPS) is 12.2. The highest BCUT2D eigenvalue weighted by Crippen LogP contribution is 2.30. The molecule has 0 aromatic heterocycles. The largest absolute Gasteiger partial charge is 0.496 e. The number of aliphatic hydroxyl groups is 1. The van der Waals surface area contributed by atoms with E-state index in [0.717, 1.165) is 0 Å². The van der Waals surface area contributed by atoms with Crippen LogP contribution in [0, 0.1) is 11.6 Å². The molecule has 0 aliphatic carbocycles. The molecule has 0 bridgehead atoms. The van der Waals surface area contributed by atoms with E-state index in [9.17, 15) is 13.9 Å². The minimum absolute atomic E-state index is 0.119. The lowest BCUT2D eigenvalue weighted by molar-refractivity contribution is 0.175. The van der Waals surface area contributed by atoms with Gasteiger partial charge in [0.05, 0.1) is 17.7 Å². The van der Waals surface area contributed by atoms with Gasteiger partial charge in [-0.05, 0) is 45.8 Å². The number of methoxy groups -OCH3 is 1. The Kier molecular flexibility index (Phi) is 4.73. The number of hydrogen-bond acceptors (Lipinski definition) is 2. The first-order valence-electron chi connectivity index (χ1n) is 5.97. The molecule has 20 heavy (non-hydrogen) atoms. The maximum atomic E-state index is 13.5. The third kappa shape index (κ3) is 3.16. The molecule has 0 amide bonds. The standard InChI is InChI=1S/C15H13BrF2O2/c1-20-15-6-5-9(7-11(15)16)14(19)8-10-12(17)3-2-4-13(10)18/h2-7,14,19H,8H2,1H3. The minimum Gasteiger partial charge on any atom is -0.496 e. The maximum Gasteiger partial charge on any atom is 0.133 e. The molecule has 1 N–H and O–H groups in total. The predicted octanol–water partition coefficient (Wildman–Crippen LogP) is 4.01. The average molecular weight is 343 g/mol. The van der Waals surface area contributed by atoms with Crippen molar-refractivity contribution in [2.24, 2.45) is 0 Å². The molecule has 2 rings (SSSR count). The zero-order chi connectivity index (χ0) is 14.7. The molecule has 0 radical (unpaired) electrons. The van der Waals surface area contributed by atoms with Crippen LogP contribution in [-0.4, -0.2) is 12.2 Å². The van der Waals surface area contributed by atoms with Gasteiger partial charge >= 0.3 is 0 Å². The molecule has 1 atom stereocenters. The Morgan fingerprint density at radius 3 is 2.40 bits per heavy atom. The average Bonchev–Trinajstić information content (AvgIpc) is 2.42. The Balaban J connectivity index is 2.24. The quantitative estimate of drug-likeness (QED) is 0.909. The van der Waals surface area contributed by atoms with Crippen molar-refractivity contribution in [2.75, 3.05) is 7.11 Å². The van der Waals surface area contributed by atoms with E-state index in [-0.39, 0.29) is 12.0 Å². The zero-order valence-corrected chi connectivity index (χ0v) is 12.3. The maximum absolute atomic E-state index is 13.5. The fourth-order valence-electron chi connectivity index (χ4n) is 1.93. The highest BCUT2D eigenvalue weighted by molar-refractivity contribution is 9.10. The summed E-state index contributed by atoms with van der Waals surface area (Å²) in [6, 6.07) is 8.66. The van der Waals surface area contributed by atoms with Crippen LogP contribution in [0.5, 0.6) is 5.75 Å². The molecule has 5 heteroatoms. The third-order valence-electron chi connectivity index (χ3n) is 3.02. The smallest absolute Gasteiger partial charge is 0.133 e. The van der Waals surface area contributed by atoms with Crippen molar-refractivity contribution in [3.63, 3.8) is 0 Å². The first kappa shape index (κ1) is 14.9. The summed E-state index contributed by atoms with van der Waals surface area (Å²) in [5, 5.41) is 10.1. The van der Waals surface area contributed by atoms with Crippen LogP contribution in [0.25, 0.3) is 0 Å². The number of ether oxygens (including phenoxy) is 1. The summed E-state index contributed by atoms with van der Waals surface area (Å²) in [6.45, 7) is 0. The second kappa shape index (κ2) is 6.33. The second-order valence-corrected chi connectivity index (χ2v) is 5.17. The van der Waals surface area contributed by atoms with Crippen LogP contribution >= 0.6 is 15.9 Å². The van der Waals surface area contributed by atoms with Crippen molar-refractivity contribution >= 4 is 15.9 Å². The highest BCUT2D eigenvalue weighted by atomic mass is 79.9. The molecule has 0 aliphatic rings. The van der Waals surface area contributed by atoms with Gasteiger partial charge in [-0.2, -0.15) is 0 Å². The molecular formula is C15H13BrF2O2. The fraction of sp³-hybridized carbons (Fsp3) is 0.200. The van der Waals surface area contributed by atoms with Crippen LogP contribution in [0.3, 0.4) is 0 Å². The highest BCUT2D eigenvalue weighted by Gasteiger charge is 2.16. The monoisotopic (exact) mass is 342 g/mol. The van der Waals surface area contributed by atoms with Crippen LogP contribution < -0.4 is 4.74 Å². The number of hydrogen-bond donors (Lipinski definition) is 1. The van der Waals surface area contributed by atoms with Gasteiger partial charge in [0.1, 0.15) is 17.4 Å². The van der Waals surface area contributed by atoms with Crippen LogP contribution in [0.1, 0.15) is 17.2 Å². The Hall–Kier alpha value is -1.46. The Bertz CT molecular complexity index is 597. The van der Waals surface area contributed by atoms with Crippen molar-refractivity contribution in [3.05, 3.63) is 63.6 Å². The van der Waals surface area contributed by atoms with Gasteiger partial charge in [-0.1, -0.05) is 12.1 Å². The summed E-state index contributed by atoms with van der Waals surface area (Å²) < 4.78 is 32.8. The fourth-order valence-corrected chi connectivity index (χ4v) is 2.49. The van der Waals surface area contributed by atoms with E-state index in [4.69, 9.17) is 4.74 Å². The van der Waals surface area contributed by atoms with Gasteiger partial charge < -0.3 is 9.84 Å². The molecule has 2 aromatic rings. The van der Waals surface area contributed by atoms with Crippen LogP contribution in [0.4, 0.5) is 8.78 Å². The Morgan fingerprint density at radius 2 is 1.85 bits per heavy atom. The Labute approximate surface area is 124 Å². The summed E-state index contributed by atoms with van der Waals surface area (Å²) in [5.74, 6) is -0.689. The molecule has 0 fully saturated rings. The summed E-state index contributed by atoms with van der Waals surface area (Å²) in [7, 11) is 1.53. The minimum atomic E-state index is -0.997. The van der Waals surface area contributed by atoms with Gasteiger partial charge in [0.2, 0.25) is 0 Å². The first-order chi connectivity index (χ1) is 9.52. The SMILES string of the molecule is COc1ccc(C(O)Cc2c(F)cccc2F)cc1Br. The van der Waals surface area contributed by atoms with E-state index in [1.54, 1.807) is 18.2 Å². The molecule has 2 nitrogen and oxygen atoms in total. The predicted molar refractivity (Wildman–Crippen MR) is 75.7 cm³/mol. The molecule has 0 heterocycles. The van der Waals surface area contributed by atoms with Crippen LogP contribution in [0.2, 0.25) is 0 Å². The summed E-state index contributed by atoms with van der Waals surface area (Å²) >= 11 is 3.31. The lowest BCUT2D eigenvalue weighted by Gasteiger charge is -2.14. The van der Waals surface area contributed by atoms with E-state index in [0.29, 0.717) is 15.8 Å². The summed E-state index contributed by atoms with van der Waals surface area (Å²) in [5.41, 5.74) is 0.437. The van der Waals surface area contributed by atoms with Crippen molar-refractivity contribution in [1.29, 1.82) is 0 Å². The van der Waals surface area contributed by atoms with Gasteiger partial charge in [0.25, 0.3) is 0 Å². The molecule has 0 spiro atoms. The van der Waals surface area contributed by atoms with Crippen molar-refractivity contribution in [1.82, 2.24) is 0 Å². The molecule has 106 valence electrons. The third-order valence-corrected chi connectivity index (χ3v) is 3.64. The lowest BCUT2D eigenvalue weighted by atomic mass is 10.0. The zero-order valence-electron chi connectivity index (χ0n) is 10.7. The van der Waals surface area contributed by atoms with Crippen molar-refractivity contribution < 1.29 is 18.6 Å². The van der Waals surface area contributed by atoms with E-state index in [1.807, 2.05) is 0 Å². The van der Waals surface area contributed by atoms with Gasteiger partial charge in [0.15, 0.2) is 0 Å². The van der Waals surface area contributed by atoms with Crippen molar-refractivity contribution in [2.45, 2.75) is 12.5 Å². The van der Waals surface area contributed by atoms with E-state index in [2.05, 4.69) is 15.9 Å².